The van der Waals surface area contributed by atoms with Gasteiger partial charge in [-0.1, -0.05) is 0 Å². The first-order chi connectivity index (χ1) is 7.56. The summed E-state index contributed by atoms with van der Waals surface area (Å²) in [5, 5.41) is 8.66. The van der Waals surface area contributed by atoms with Crippen LogP contribution in [0.1, 0.15) is 17.3 Å². The maximum Gasteiger partial charge on any atom is 0.323 e. The number of nitrogens with zero attached hydrogens (tertiary/aromatic N) is 2. The van der Waals surface area contributed by atoms with E-state index in [1.165, 1.54) is 17.3 Å². The van der Waals surface area contributed by atoms with Gasteiger partial charge in [0.25, 0.3) is 5.91 Å². The van der Waals surface area contributed by atoms with Gasteiger partial charge in [-0.05, 0) is 28.9 Å². The lowest BCUT2D eigenvalue weighted by Gasteiger charge is -2.18. The Kier molecular flexibility index (Phi) is 4.42. The molecule has 16 heavy (non-hydrogen) atoms. The molecule has 1 N–H and O–H groups in total. The minimum absolute atomic E-state index is 0.301. The van der Waals surface area contributed by atoms with Crippen molar-refractivity contribution >= 4 is 27.8 Å². The molecule has 0 spiro atoms. The summed E-state index contributed by atoms with van der Waals surface area (Å²) >= 11 is 3.20. The van der Waals surface area contributed by atoms with Crippen LogP contribution in [-0.2, 0) is 4.79 Å². The highest BCUT2D eigenvalue weighted by atomic mass is 79.9. The number of carboxylic acids is 1. The second-order valence-corrected chi connectivity index (χ2v) is 3.92. The summed E-state index contributed by atoms with van der Waals surface area (Å²) in [5.41, 5.74) is 0.415. The number of likely N-dealkylation sites (N-methyl/N-ethyl adjacent to an activating group) is 1. The van der Waals surface area contributed by atoms with Crippen LogP contribution in [0.5, 0.6) is 0 Å². The van der Waals surface area contributed by atoms with Crippen molar-refractivity contribution in [1.82, 2.24) is 9.88 Å². The van der Waals surface area contributed by atoms with Gasteiger partial charge in [0.05, 0.1) is 5.56 Å². The summed E-state index contributed by atoms with van der Waals surface area (Å²) in [6.45, 7) is 1.78. The predicted molar refractivity (Wildman–Crippen MR) is 61.2 cm³/mol. The number of carbonyl (C=O) groups is 2. The molecule has 0 fully saturated rings. The second-order valence-electron chi connectivity index (χ2n) is 3.07. The van der Waals surface area contributed by atoms with Crippen molar-refractivity contribution in [2.75, 3.05) is 13.1 Å². The zero-order valence-electron chi connectivity index (χ0n) is 8.68. The third kappa shape index (κ3) is 3.03. The fourth-order valence-electron chi connectivity index (χ4n) is 1.21. The number of rotatable bonds is 4. The first-order valence-corrected chi connectivity index (χ1v) is 5.46. The minimum atomic E-state index is -1.03. The molecule has 0 saturated carbocycles. The molecule has 0 saturated heterocycles. The normalized spacial score (nSPS) is 9.88. The number of carboxylic acid groups (broad SMARTS) is 1. The second kappa shape index (κ2) is 5.60. The fourth-order valence-corrected chi connectivity index (χ4v) is 1.63. The van der Waals surface area contributed by atoms with Gasteiger partial charge in [0.2, 0.25) is 0 Å². The molecule has 0 atom stereocenters. The SMILES string of the molecule is CCN(CC(=O)O)C(=O)c1ccncc1Br. The van der Waals surface area contributed by atoms with E-state index in [0.29, 0.717) is 16.6 Å². The first kappa shape index (κ1) is 12.6. The van der Waals surface area contributed by atoms with Gasteiger partial charge >= 0.3 is 5.97 Å². The maximum absolute atomic E-state index is 11.9. The lowest BCUT2D eigenvalue weighted by molar-refractivity contribution is -0.137. The van der Waals surface area contributed by atoms with E-state index in [1.807, 2.05) is 0 Å². The molecule has 0 bridgehead atoms. The van der Waals surface area contributed by atoms with Crippen molar-refractivity contribution < 1.29 is 14.7 Å². The van der Waals surface area contributed by atoms with E-state index in [2.05, 4.69) is 20.9 Å². The number of aromatic nitrogens is 1. The van der Waals surface area contributed by atoms with Crippen LogP contribution >= 0.6 is 15.9 Å². The molecule has 0 aliphatic heterocycles. The summed E-state index contributed by atoms with van der Waals surface area (Å²) in [7, 11) is 0. The Bertz CT molecular complexity index is 409. The highest BCUT2D eigenvalue weighted by Gasteiger charge is 2.18. The number of halogens is 1. The van der Waals surface area contributed by atoms with Crippen molar-refractivity contribution in [3.05, 3.63) is 28.5 Å². The van der Waals surface area contributed by atoms with Crippen LogP contribution in [0, 0.1) is 0 Å². The van der Waals surface area contributed by atoms with Crippen molar-refractivity contribution in [3.8, 4) is 0 Å². The lowest BCUT2D eigenvalue weighted by Crippen LogP contribution is -2.35. The highest BCUT2D eigenvalue weighted by Crippen LogP contribution is 2.16. The summed E-state index contributed by atoms with van der Waals surface area (Å²) in [4.78, 5) is 27.6. The number of carbonyl (C=O) groups excluding carboxylic acids is 1. The Balaban J connectivity index is 2.91. The maximum atomic E-state index is 11.9. The van der Waals surface area contributed by atoms with Crippen LogP contribution in [0.25, 0.3) is 0 Å². The standard InChI is InChI=1S/C10H11BrN2O3/c1-2-13(6-9(14)15)10(16)7-3-4-12-5-8(7)11/h3-5H,2,6H2,1H3,(H,14,15). The summed E-state index contributed by atoms with van der Waals surface area (Å²) in [6, 6.07) is 1.55. The van der Waals surface area contributed by atoms with E-state index in [9.17, 15) is 9.59 Å². The van der Waals surface area contributed by atoms with E-state index < -0.39 is 5.97 Å². The van der Waals surface area contributed by atoms with Gasteiger partial charge in [-0.3, -0.25) is 14.6 Å². The molecule has 0 aromatic carbocycles. The fraction of sp³-hybridized carbons (Fsp3) is 0.300. The van der Waals surface area contributed by atoms with Crippen LogP contribution in [0.15, 0.2) is 22.9 Å². The molecule has 1 amide bonds. The van der Waals surface area contributed by atoms with E-state index in [4.69, 9.17) is 5.11 Å². The lowest BCUT2D eigenvalue weighted by atomic mass is 10.2. The Hall–Kier alpha value is -1.43. The van der Waals surface area contributed by atoms with E-state index in [0.717, 1.165) is 0 Å². The molecule has 0 aliphatic carbocycles. The Morgan fingerprint density at radius 3 is 2.75 bits per heavy atom. The largest absolute Gasteiger partial charge is 0.480 e. The van der Waals surface area contributed by atoms with Crippen molar-refractivity contribution in [1.29, 1.82) is 0 Å². The van der Waals surface area contributed by atoms with Gasteiger partial charge in [0.15, 0.2) is 0 Å². The number of aliphatic carboxylic acids is 1. The quantitative estimate of drug-likeness (QED) is 0.908. The highest BCUT2D eigenvalue weighted by molar-refractivity contribution is 9.10. The monoisotopic (exact) mass is 286 g/mol. The molecule has 0 unspecified atom stereocenters. The number of hydrogen-bond donors (Lipinski definition) is 1. The van der Waals surface area contributed by atoms with Crippen LogP contribution < -0.4 is 0 Å². The zero-order valence-corrected chi connectivity index (χ0v) is 10.3. The molecule has 86 valence electrons. The number of amides is 1. The molecule has 6 heteroatoms. The molecular weight excluding hydrogens is 276 g/mol. The van der Waals surface area contributed by atoms with Crippen LogP contribution in [0.2, 0.25) is 0 Å². The van der Waals surface area contributed by atoms with Crippen LogP contribution in [0.4, 0.5) is 0 Å². The van der Waals surface area contributed by atoms with Crippen LogP contribution in [-0.4, -0.2) is 40.0 Å². The smallest absolute Gasteiger partial charge is 0.323 e. The first-order valence-electron chi connectivity index (χ1n) is 4.66. The molecule has 1 heterocycles. The minimum Gasteiger partial charge on any atom is -0.480 e. The van der Waals surface area contributed by atoms with Gasteiger partial charge in [0, 0.05) is 23.4 Å². The van der Waals surface area contributed by atoms with Gasteiger partial charge in [-0.2, -0.15) is 0 Å². The van der Waals surface area contributed by atoms with Gasteiger partial charge < -0.3 is 10.0 Å². The summed E-state index contributed by atoms with van der Waals surface area (Å²) < 4.78 is 0.559. The topological polar surface area (TPSA) is 70.5 Å². The molecular formula is C10H11BrN2O3. The summed E-state index contributed by atoms with van der Waals surface area (Å²) in [6.07, 6.45) is 2.99. The number of pyridine rings is 1. The average Bonchev–Trinajstić information content (AvgIpc) is 2.25. The van der Waals surface area contributed by atoms with E-state index in [1.54, 1.807) is 13.0 Å². The Labute approximate surface area is 101 Å². The number of hydrogen-bond acceptors (Lipinski definition) is 3. The van der Waals surface area contributed by atoms with Crippen LogP contribution in [0.3, 0.4) is 0 Å². The predicted octanol–water partition coefficient (Wildman–Crippen LogP) is 1.39. The molecule has 5 nitrogen and oxygen atoms in total. The van der Waals surface area contributed by atoms with Crippen molar-refractivity contribution in [3.63, 3.8) is 0 Å². The summed E-state index contributed by atoms with van der Waals surface area (Å²) in [5.74, 6) is -1.35. The molecule has 1 rings (SSSR count). The molecule has 1 aromatic heterocycles. The Morgan fingerprint density at radius 1 is 1.56 bits per heavy atom. The van der Waals surface area contributed by atoms with Crippen molar-refractivity contribution in [2.24, 2.45) is 0 Å². The third-order valence-electron chi connectivity index (χ3n) is 2.00. The van der Waals surface area contributed by atoms with E-state index >= 15 is 0 Å². The van der Waals surface area contributed by atoms with Gasteiger partial charge in [0.1, 0.15) is 6.54 Å². The van der Waals surface area contributed by atoms with Crippen molar-refractivity contribution in [2.45, 2.75) is 6.92 Å². The molecule has 1 aromatic rings. The van der Waals surface area contributed by atoms with Gasteiger partial charge in [-0.25, -0.2) is 0 Å². The van der Waals surface area contributed by atoms with E-state index in [-0.39, 0.29) is 12.5 Å². The molecule has 0 aliphatic rings. The third-order valence-corrected chi connectivity index (χ3v) is 2.63. The average molecular weight is 287 g/mol. The zero-order chi connectivity index (χ0) is 12.1. The molecule has 0 radical (unpaired) electrons. The Morgan fingerprint density at radius 2 is 2.25 bits per heavy atom. The van der Waals surface area contributed by atoms with Gasteiger partial charge in [-0.15, -0.1) is 0 Å².